The third-order valence-corrected chi connectivity index (χ3v) is 4.73. The van der Waals surface area contributed by atoms with Crippen LogP contribution in [0.2, 0.25) is 0 Å². The molecule has 0 saturated carbocycles. The van der Waals surface area contributed by atoms with E-state index in [-0.39, 0.29) is 24.9 Å². The third-order valence-electron chi connectivity index (χ3n) is 4.73. The Labute approximate surface area is 144 Å². The van der Waals surface area contributed by atoms with Crippen LogP contribution in [-0.2, 0) is 10.7 Å². The van der Waals surface area contributed by atoms with Gasteiger partial charge in [0.25, 0.3) is 5.91 Å². The number of rotatable bonds is 4. The van der Waals surface area contributed by atoms with E-state index in [0.717, 1.165) is 29.8 Å². The molecule has 6 heteroatoms. The Morgan fingerprint density at radius 1 is 1.08 bits per heavy atom. The summed E-state index contributed by atoms with van der Waals surface area (Å²) in [6.45, 7) is 0.693. The summed E-state index contributed by atoms with van der Waals surface area (Å²) in [4.78, 5) is 13.6. The highest BCUT2D eigenvalue weighted by Crippen LogP contribution is 2.37. The van der Waals surface area contributed by atoms with Gasteiger partial charge in [-0.2, -0.15) is 8.78 Å². The quantitative estimate of drug-likeness (QED) is 0.923. The predicted molar refractivity (Wildman–Crippen MR) is 88.6 cm³/mol. The van der Waals surface area contributed by atoms with Crippen molar-refractivity contribution in [3.8, 4) is 0 Å². The number of hydrogen-bond acceptors (Lipinski definition) is 2. The van der Waals surface area contributed by atoms with E-state index >= 15 is 0 Å². The summed E-state index contributed by atoms with van der Waals surface area (Å²) in [7, 11) is 0. The highest BCUT2D eigenvalue weighted by Gasteiger charge is 2.47. The van der Waals surface area contributed by atoms with Crippen LogP contribution in [0, 0.1) is 11.7 Å². The number of carbonyl (C=O) groups excluding carboxylic acids is 1. The maximum atomic E-state index is 14.5. The van der Waals surface area contributed by atoms with E-state index in [2.05, 4.69) is 0 Å². The molecular formula is C19H19F3N2O. The topological polar surface area (TPSA) is 46.3 Å². The lowest BCUT2D eigenvalue weighted by Crippen LogP contribution is -2.41. The average molecular weight is 348 g/mol. The van der Waals surface area contributed by atoms with Crippen molar-refractivity contribution >= 4 is 5.91 Å². The van der Waals surface area contributed by atoms with Crippen molar-refractivity contribution in [1.82, 2.24) is 4.90 Å². The number of nitrogens with two attached hydrogens (primary N) is 1. The summed E-state index contributed by atoms with van der Waals surface area (Å²) in [5, 5.41) is 0. The molecule has 0 aromatic heterocycles. The number of amides is 1. The van der Waals surface area contributed by atoms with Crippen LogP contribution in [0.15, 0.2) is 54.6 Å². The molecule has 1 aliphatic rings. The lowest BCUT2D eigenvalue weighted by Gasteiger charge is -2.23. The molecule has 25 heavy (non-hydrogen) atoms. The number of likely N-dealkylation sites (tertiary alicyclic amines) is 1. The maximum absolute atomic E-state index is 14.5. The monoisotopic (exact) mass is 348 g/mol. The second kappa shape index (κ2) is 6.88. The fraction of sp³-hybridized carbons (Fsp3) is 0.316. The van der Waals surface area contributed by atoms with Crippen molar-refractivity contribution < 1.29 is 18.0 Å². The van der Waals surface area contributed by atoms with Crippen LogP contribution in [0.1, 0.15) is 17.0 Å². The zero-order valence-corrected chi connectivity index (χ0v) is 13.5. The van der Waals surface area contributed by atoms with E-state index in [4.69, 9.17) is 5.73 Å². The minimum Gasteiger partial charge on any atom is -0.336 e. The standard InChI is InChI=1S/C19H19F3N2O/c20-16-8-6-15(7-9-16)19(21,22)18(25)24-11-14(10-23)17(12-24)13-4-2-1-3-5-13/h1-9,14,17H,10-12,23H2/t14-,17+/m1/s1. The van der Waals surface area contributed by atoms with E-state index in [0.29, 0.717) is 6.54 Å². The molecule has 1 aliphatic heterocycles. The summed E-state index contributed by atoms with van der Waals surface area (Å²) >= 11 is 0. The van der Waals surface area contributed by atoms with Gasteiger partial charge in [0, 0.05) is 24.6 Å². The van der Waals surface area contributed by atoms with Gasteiger partial charge in [0.1, 0.15) is 5.82 Å². The van der Waals surface area contributed by atoms with Crippen LogP contribution < -0.4 is 5.73 Å². The molecule has 2 aromatic carbocycles. The summed E-state index contributed by atoms with van der Waals surface area (Å²) < 4.78 is 42.1. The number of carbonyl (C=O) groups is 1. The molecule has 0 unspecified atom stereocenters. The molecule has 1 saturated heterocycles. The first-order valence-electron chi connectivity index (χ1n) is 8.11. The van der Waals surface area contributed by atoms with Gasteiger partial charge in [-0.15, -0.1) is 0 Å². The predicted octanol–water partition coefficient (Wildman–Crippen LogP) is 3.12. The smallest absolute Gasteiger partial charge is 0.336 e. The zero-order valence-electron chi connectivity index (χ0n) is 13.5. The van der Waals surface area contributed by atoms with Gasteiger partial charge < -0.3 is 10.6 Å². The molecule has 2 aromatic rings. The molecule has 3 rings (SSSR count). The Morgan fingerprint density at radius 2 is 1.72 bits per heavy atom. The van der Waals surface area contributed by atoms with E-state index in [1.54, 1.807) is 0 Å². The molecular weight excluding hydrogens is 329 g/mol. The van der Waals surface area contributed by atoms with Crippen molar-refractivity contribution in [2.24, 2.45) is 11.7 Å². The number of alkyl halides is 2. The van der Waals surface area contributed by atoms with Gasteiger partial charge in [0.15, 0.2) is 0 Å². The van der Waals surface area contributed by atoms with E-state index < -0.39 is 23.2 Å². The fourth-order valence-electron chi connectivity index (χ4n) is 3.34. The van der Waals surface area contributed by atoms with Gasteiger partial charge in [-0.05, 0) is 42.3 Å². The largest absolute Gasteiger partial charge is 0.349 e. The van der Waals surface area contributed by atoms with E-state index in [1.165, 1.54) is 4.90 Å². The first-order valence-corrected chi connectivity index (χ1v) is 8.11. The molecule has 132 valence electrons. The number of hydrogen-bond donors (Lipinski definition) is 1. The number of halogens is 3. The van der Waals surface area contributed by atoms with Crippen molar-refractivity contribution in [3.05, 3.63) is 71.5 Å². The SMILES string of the molecule is NC[C@@H]1CN(C(=O)C(F)(F)c2ccc(F)cc2)C[C@H]1c1ccccc1. The van der Waals surface area contributed by atoms with E-state index in [1.807, 2.05) is 30.3 Å². The Kier molecular flexibility index (Phi) is 4.81. The average Bonchev–Trinajstić information content (AvgIpc) is 3.06. The Morgan fingerprint density at radius 3 is 2.32 bits per heavy atom. The van der Waals surface area contributed by atoms with Crippen molar-refractivity contribution in [2.75, 3.05) is 19.6 Å². The summed E-state index contributed by atoms with van der Waals surface area (Å²) in [5.74, 6) is -5.73. The van der Waals surface area contributed by atoms with E-state index in [9.17, 15) is 18.0 Å². The minimum absolute atomic E-state index is 0.0702. The van der Waals surface area contributed by atoms with Gasteiger partial charge in [-0.3, -0.25) is 4.79 Å². The van der Waals surface area contributed by atoms with Crippen molar-refractivity contribution in [2.45, 2.75) is 11.8 Å². The summed E-state index contributed by atoms with van der Waals surface area (Å²) in [5.41, 5.74) is 6.27. The molecule has 0 aliphatic carbocycles. The van der Waals surface area contributed by atoms with Gasteiger partial charge in [0.2, 0.25) is 0 Å². The van der Waals surface area contributed by atoms with Gasteiger partial charge in [-0.25, -0.2) is 4.39 Å². The van der Waals surface area contributed by atoms with Gasteiger partial charge in [-0.1, -0.05) is 30.3 Å². The third kappa shape index (κ3) is 3.39. The van der Waals surface area contributed by atoms with Crippen LogP contribution in [0.3, 0.4) is 0 Å². The Balaban J connectivity index is 1.81. The second-order valence-corrected chi connectivity index (χ2v) is 6.30. The zero-order chi connectivity index (χ0) is 18.0. The van der Waals surface area contributed by atoms with Crippen LogP contribution in [0.4, 0.5) is 13.2 Å². The molecule has 0 radical (unpaired) electrons. The molecule has 0 bridgehead atoms. The Hall–Kier alpha value is -2.34. The lowest BCUT2D eigenvalue weighted by atomic mass is 9.89. The molecule has 2 N–H and O–H groups in total. The Bertz CT molecular complexity index is 734. The van der Waals surface area contributed by atoms with Gasteiger partial charge >= 0.3 is 5.92 Å². The van der Waals surface area contributed by atoms with Crippen molar-refractivity contribution in [3.63, 3.8) is 0 Å². The summed E-state index contributed by atoms with van der Waals surface area (Å²) in [6, 6.07) is 13.2. The van der Waals surface area contributed by atoms with Gasteiger partial charge in [0.05, 0.1) is 0 Å². The van der Waals surface area contributed by atoms with Crippen molar-refractivity contribution in [1.29, 1.82) is 0 Å². The molecule has 1 fully saturated rings. The molecule has 1 heterocycles. The molecule has 3 nitrogen and oxygen atoms in total. The van der Waals surface area contributed by atoms with Crippen LogP contribution in [0.5, 0.6) is 0 Å². The lowest BCUT2D eigenvalue weighted by molar-refractivity contribution is -0.158. The molecule has 2 atom stereocenters. The normalized spacial score (nSPS) is 20.7. The first-order chi connectivity index (χ1) is 11.9. The minimum atomic E-state index is -3.70. The molecule has 1 amide bonds. The van der Waals surface area contributed by atoms with Crippen LogP contribution >= 0.6 is 0 Å². The number of benzene rings is 2. The highest BCUT2D eigenvalue weighted by molar-refractivity contribution is 5.85. The number of nitrogens with zero attached hydrogens (tertiary/aromatic N) is 1. The van der Waals surface area contributed by atoms with Crippen LogP contribution in [0.25, 0.3) is 0 Å². The first kappa shape index (κ1) is 17.5. The molecule has 0 spiro atoms. The second-order valence-electron chi connectivity index (χ2n) is 6.30. The maximum Gasteiger partial charge on any atom is 0.349 e. The summed E-state index contributed by atoms with van der Waals surface area (Å²) in [6.07, 6.45) is 0. The highest BCUT2D eigenvalue weighted by atomic mass is 19.3. The van der Waals surface area contributed by atoms with Crippen LogP contribution in [-0.4, -0.2) is 30.4 Å². The fourth-order valence-corrected chi connectivity index (χ4v) is 3.34.